The summed E-state index contributed by atoms with van der Waals surface area (Å²) in [6, 6.07) is 3.73. The molecular formula is C15H19F3N2O3. The van der Waals surface area contributed by atoms with Gasteiger partial charge >= 0.3 is 18.0 Å². The molecule has 0 aliphatic heterocycles. The van der Waals surface area contributed by atoms with Crippen molar-refractivity contribution in [3.05, 3.63) is 29.8 Å². The number of alkyl halides is 3. The summed E-state index contributed by atoms with van der Waals surface area (Å²) in [5.41, 5.74) is -0.780. The van der Waals surface area contributed by atoms with Gasteiger partial charge in [0, 0.05) is 12.2 Å². The Bertz CT molecular complexity index is 542. The molecule has 2 amide bonds. The molecule has 0 fully saturated rings. The molecule has 3 N–H and O–H groups in total. The Balaban J connectivity index is 2.50. The van der Waals surface area contributed by atoms with Crippen LogP contribution in [0.3, 0.4) is 0 Å². The van der Waals surface area contributed by atoms with Gasteiger partial charge in [-0.25, -0.2) is 0 Å². The number of rotatable bonds is 5. The van der Waals surface area contributed by atoms with Crippen molar-refractivity contribution in [1.29, 1.82) is 0 Å². The maximum absolute atomic E-state index is 12.4. The first-order valence-electron chi connectivity index (χ1n) is 7.04. The first-order valence-corrected chi connectivity index (χ1v) is 7.04. The molecular weight excluding hydrogens is 313 g/mol. The number of halogens is 3. The van der Waals surface area contributed by atoms with E-state index < -0.39 is 29.7 Å². The molecule has 1 aromatic rings. The van der Waals surface area contributed by atoms with Crippen molar-refractivity contribution in [1.82, 2.24) is 5.32 Å². The van der Waals surface area contributed by atoms with Gasteiger partial charge in [-0.3, -0.25) is 9.59 Å². The third-order valence-electron chi connectivity index (χ3n) is 2.92. The molecule has 0 saturated carbocycles. The number of nitrogens with one attached hydrogen (secondary N) is 2. The fraction of sp³-hybridized carbons (Fsp3) is 0.467. The number of anilines is 1. The van der Waals surface area contributed by atoms with E-state index in [1.807, 2.05) is 13.8 Å². The average molecular weight is 332 g/mol. The van der Waals surface area contributed by atoms with Gasteiger partial charge in [-0.05, 0) is 36.6 Å². The molecule has 0 saturated heterocycles. The van der Waals surface area contributed by atoms with Crippen molar-refractivity contribution in [3.63, 3.8) is 0 Å². The molecule has 1 unspecified atom stereocenters. The second kappa shape index (κ2) is 7.96. The maximum atomic E-state index is 12.4. The van der Waals surface area contributed by atoms with E-state index in [0.717, 1.165) is 24.3 Å². The SMILES string of the molecule is CC(C)CC(O)CNC(=O)C(=O)Nc1ccc(C(F)(F)F)cc1. The highest BCUT2D eigenvalue weighted by molar-refractivity contribution is 6.39. The van der Waals surface area contributed by atoms with Crippen LogP contribution in [0, 0.1) is 5.92 Å². The lowest BCUT2D eigenvalue weighted by molar-refractivity contribution is -0.137. The lowest BCUT2D eigenvalue weighted by Crippen LogP contribution is -2.39. The predicted molar refractivity (Wildman–Crippen MR) is 78.5 cm³/mol. The van der Waals surface area contributed by atoms with Crippen LogP contribution < -0.4 is 10.6 Å². The fourth-order valence-electron chi connectivity index (χ4n) is 1.85. The minimum atomic E-state index is -4.47. The van der Waals surface area contributed by atoms with Crippen LogP contribution in [-0.2, 0) is 15.8 Å². The molecule has 1 rings (SSSR count). The zero-order valence-electron chi connectivity index (χ0n) is 12.8. The van der Waals surface area contributed by atoms with Crippen molar-refractivity contribution in [2.75, 3.05) is 11.9 Å². The zero-order valence-corrected chi connectivity index (χ0v) is 12.8. The first kappa shape index (κ1) is 19.0. The normalized spacial score (nSPS) is 12.8. The number of benzene rings is 1. The number of hydrogen-bond donors (Lipinski definition) is 3. The van der Waals surface area contributed by atoms with Crippen LogP contribution in [-0.4, -0.2) is 29.6 Å². The Labute approximate surface area is 131 Å². The van der Waals surface area contributed by atoms with Gasteiger partial charge in [0.25, 0.3) is 0 Å². The third kappa shape index (κ3) is 6.68. The van der Waals surface area contributed by atoms with Gasteiger partial charge in [-0.2, -0.15) is 13.2 Å². The minimum absolute atomic E-state index is 0.0703. The summed E-state index contributed by atoms with van der Waals surface area (Å²) in [7, 11) is 0. The van der Waals surface area contributed by atoms with Crippen LogP contribution in [0.2, 0.25) is 0 Å². The Kier molecular flexibility index (Phi) is 6.56. The summed E-state index contributed by atoms with van der Waals surface area (Å²) in [5.74, 6) is -1.74. The van der Waals surface area contributed by atoms with E-state index in [9.17, 15) is 27.9 Å². The van der Waals surface area contributed by atoms with Crippen molar-refractivity contribution in [3.8, 4) is 0 Å². The highest BCUT2D eigenvalue weighted by Crippen LogP contribution is 2.29. The van der Waals surface area contributed by atoms with E-state index in [2.05, 4.69) is 10.6 Å². The third-order valence-corrected chi connectivity index (χ3v) is 2.92. The lowest BCUT2D eigenvalue weighted by Gasteiger charge is -2.13. The van der Waals surface area contributed by atoms with Crippen LogP contribution in [0.1, 0.15) is 25.8 Å². The van der Waals surface area contributed by atoms with E-state index in [-0.39, 0.29) is 18.2 Å². The summed E-state index contributed by atoms with van der Waals surface area (Å²) in [5, 5.41) is 14.0. The molecule has 1 aromatic carbocycles. The summed E-state index contributed by atoms with van der Waals surface area (Å²) in [6.45, 7) is 3.74. The van der Waals surface area contributed by atoms with Crippen molar-refractivity contribution < 1.29 is 27.9 Å². The van der Waals surface area contributed by atoms with E-state index in [0.29, 0.717) is 6.42 Å². The quantitative estimate of drug-likeness (QED) is 0.723. The van der Waals surface area contributed by atoms with Crippen LogP contribution in [0.4, 0.5) is 18.9 Å². The molecule has 8 heteroatoms. The summed E-state index contributed by atoms with van der Waals surface area (Å²) >= 11 is 0. The predicted octanol–water partition coefficient (Wildman–Crippen LogP) is 2.17. The second-order valence-electron chi connectivity index (χ2n) is 5.52. The highest BCUT2D eigenvalue weighted by Gasteiger charge is 2.30. The van der Waals surface area contributed by atoms with E-state index in [1.165, 1.54) is 0 Å². The van der Waals surface area contributed by atoms with Crippen molar-refractivity contribution >= 4 is 17.5 Å². The molecule has 0 bridgehead atoms. The monoisotopic (exact) mass is 332 g/mol. The fourth-order valence-corrected chi connectivity index (χ4v) is 1.85. The smallest absolute Gasteiger partial charge is 0.391 e. The Morgan fingerprint density at radius 2 is 1.70 bits per heavy atom. The highest BCUT2D eigenvalue weighted by atomic mass is 19.4. The average Bonchev–Trinajstić information content (AvgIpc) is 2.43. The molecule has 0 aliphatic rings. The number of aliphatic hydroxyl groups is 1. The van der Waals surface area contributed by atoms with Gasteiger partial charge in [-0.15, -0.1) is 0 Å². The van der Waals surface area contributed by atoms with Gasteiger partial charge in [0.1, 0.15) is 0 Å². The van der Waals surface area contributed by atoms with E-state index in [1.54, 1.807) is 0 Å². The molecule has 5 nitrogen and oxygen atoms in total. The van der Waals surface area contributed by atoms with E-state index in [4.69, 9.17) is 0 Å². The van der Waals surface area contributed by atoms with Gasteiger partial charge < -0.3 is 15.7 Å². The second-order valence-corrected chi connectivity index (χ2v) is 5.52. The standard InChI is InChI=1S/C15H19F3N2O3/c1-9(2)7-12(21)8-19-13(22)14(23)20-11-5-3-10(4-6-11)15(16,17)18/h3-6,9,12,21H,7-8H2,1-2H3,(H,19,22)(H,20,23). The number of aliphatic hydroxyl groups excluding tert-OH is 1. The van der Waals surface area contributed by atoms with Crippen LogP contribution in [0.5, 0.6) is 0 Å². The lowest BCUT2D eigenvalue weighted by atomic mass is 10.1. The van der Waals surface area contributed by atoms with Crippen molar-refractivity contribution in [2.24, 2.45) is 5.92 Å². The van der Waals surface area contributed by atoms with Gasteiger partial charge in [-0.1, -0.05) is 13.8 Å². The summed E-state index contributed by atoms with van der Waals surface area (Å²) in [6.07, 6.45) is -4.76. The first-order chi connectivity index (χ1) is 10.6. The van der Waals surface area contributed by atoms with Crippen LogP contribution in [0.25, 0.3) is 0 Å². The van der Waals surface area contributed by atoms with Crippen LogP contribution in [0.15, 0.2) is 24.3 Å². The molecule has 0 aromatic heterocycles. The van der Waals surface area contributed by atoms with Gasteiger partial charge in [0.05, 0.1) is 11.7 Å². The molecule has 23 heavy (non-hydrogen) atoms. The number of carbonyl (C=O) groups is 2. The summed E-state index contributed by atoms with van der Waals surface area (Å²) in [4.78, 5) is 23.2. The van der Waals surface area contributed by atoms with Crippen LogP contribution >= 0.6 is 0 Å². The molecule has 0 radical (unpaired) electrons. The molecule has 1 atom stereocenters. The van der Waals surface area contributed by atoms with E-state index >= 15 is 0 Å². The molecule has 0 heterocycles. The molecule has 0 aliphatic carbocycles. The number of hydrogen-bond acceptors (Lipinski definition) is 3. The largest absolute Gasteiger partial charge is 0.416 e. The molecule has 0 spiro atoms. The number of carbonyl (C=O) groups excluding carboxylic acids is 2. The topological polar surface area (TPSA) is 78.4 Å². The van der Waals surface area contributed by atoms with Crippen molar-refractivity contribution in [2.45, 2.75) is 32.5 Å². The van der Waals surface area contributed by atoms with Gasteiger partial charge in [0.2, 0.25) is 0 Å². The Hall–Kier alpha value is -2.09. The Morgan fingerprint density at radius 3 is 2.17 bits per heavy atom. The zero-order chi connectivity index (χ0) is 17.6. The minimum Gasteiger partial charge on any atom is -0.391 e. The molecule has 128 valence electrons. The Morgan fingerprint density at radius 1 is 1.13 bits per heavy atom. The number of amides is 2. The maximum Gasteiger partial charge on any atom is 0.416 e. The van der Waals surface area contributed by atoms with Gasteiger partial charge in [0.15, 0.2) is 0 Å². The summed E-state index contributed by atoms with van der Waals surface area (Å²) < 4.78 is 37.2.